The van der Waals surface area contributed by atoms with Crippen LogP contribution in [0.5, 0.6) is 11.5 Å². The molecular weight excluding hydrogens is 340 g/mol. The molecule has 1 aromatic heterocycles. The number of benzene rings is 2. The predicted molar refractivity (Wildman–Crippen MR) is 105 cm³/mol. The Hall–Kier alpha value is -2.95. The van der Waals surface area contributed by atoms with Gasteiger partial charge in [-0.25, -0.2) is 0 Å². The summed E-state index contributed by atoms with van der Waals surface area (Å²) in [4.78, 5) is 16.0. The van der Waals surface area contributed by atoms with Crippen molar-refractivity contribution in [3.63, 3.8) is 0 Å². The number of rotatable bonds is 6. The molecule has 0 radical (unpaired) electrons. The summed E-state index contributed by atoms with van der Waals surface area (Å²) < 4.78 is 11.0. The molecule has 2 aromatic carbocycles. The quantitative estimate of drug-likeness (QED) is 0.684. The maximum absolute atomic E-state index is 12.7. The number of fused-ring (bicyclic) bond motifs is 2. The predicted octanol–water partition coefficient (Wildman–Crippen LogP) is 4.33. The van der Waals surface area contributed by atoms with E-state index in [9.17, 15) is 4.79 Å². The Balaban J connectivity index is 1.72. The molecular formula is C22H24N2O3. The average molecular weight is 364 g/mol. The van der Waals surface area contributed by atoms with Gasteiger partial charge in [-0.05, 0) is 42.7 Å². The van der Waals surface area contributed by atoms with Crippen LogP contribution in [0.3, 0.4) is 0 Å². The molecule has 5 heteroatoms. The second-order valence-electron chi connectivity index (χ2n) is 7.04. The number of ether oxygens (including phenoxy) is 2. The summed E-state index contributed by atoms with van der Waals surface area (Å²) in [6.45, 7) is 4.34. The van der Waals surface area contributed by atoms with Crippen molar-refractivity contribution in [3.05, 3.63) is 59.8 Å². The molecule has 0 aliphatic carbocycles. The van der Waals surface area contributed by atoms with Gasteiger partial charge >= 0.3 is 0 Å². The van der Waals surface area contributed by atoms with Gasteiger partial charge in [-0.15, -0.1) is 0 Å². The number of carbonyl (C=O) groups excluding carboxylic acids is 1. The summed E-state index contributed by atoms with van der Waals surface area (Å²) in [5, 5.41) is 4.22. The maximum atomic E-state index is 12.7. The molecule has 3 aromatic rings. The molecule has 0 bridgehead atoms. The van der Waals surface area contributed by atoms with E-state index >= 15 is 0 Å². The van der Waals surface area contributed by atoms with Crippen LogP contribution >= 0.6 is 0 Å². The maximum Gasteiger partial charge on any atom is 0.231 e. The SMILES string of the molecule is CC[C@H](C)NC(=O)C[C@H](c1ccc2c(c1)OCO2)c1c[nH]c2ccccc12. The van der Waals surface area contributed by atoms with Crippen molar-refractivity contribution in [2.75, 3.05) is 6.79 Å². The largest absolute Gasteiger partial charge is 0.454 e. The monoisotopic (exact) mass is 364 g/mol. The van der Waals surface area contributed by atoms with E-state index in [1.165, 1.54) is 0 Å². The summed E-state index contributed by atoms with van der Waals surface area (Å²) in [5.74, 6) is 1.47. The van der Waals surface area contributed by atoms with Crippen LogP contribution in [0, 0.1) is 0 Å². The van der Waals surface area contributed by atoms with Crippen molar-refractivity contribution < 1.29 is 14.3 Å². The van der Waals surface area contributed by atoms with E-state index in [2.05, 4.69) is 29.4 Å². The van der Waals surface area contributed by atoms with Crippen LogP contribution in [0.1, 0.15) is 43.7 Å². The fourth-order valence-electron chi connectivity index (χ4n) is 3.54. The lowest BCUT2D eigenvalue weighted by molar-refractivity contribution is -0.121. The number of nitrogens with one attached hydrogen (secondary N) is 2. The van der Waals surface area contributed by atoms with E-state index in [0.29, 0.717) is 6.42 Å². The highest BCUT2D eigenvalue weighted by atomic mass is 16.7. The summed E-state index contributed by atoms with van der Waals surface area (Å²) >= 11 is 0. The summed E-state index contributed by atoms with van der Waals surface area (Å²) in [6.07, 6.45) is 3.30. The first kappa shape index (κ1) is 17.5. The van der Waals surface area contributed by atoms with E-state index in [4.69, 9.17) is 9.47 Å². The lowest BCUT2D eigenvalue weighted by atomic mass is 9.87. The highest BCUT2D eigenvalue weighted by Gasteiger charge is 2.24. The summed E-state index contributed by atoms with van der Waals surface area (Å²) in [7, 11) is 0. The van der Waals surface area contributed by atoms with Gasteiger partial charge < -0.3 is 19.8 Å². The van der Waals surface area contributed by atoms with E-state index in [1.807, 2.05) is 43.5 Å². The lowest BCUT2D eigenvalue weighted by Crippen LogP contribution is -2.33. The number of hydrogen-bond donors (Lipinski definition) is 2. The molecule has 140 valence electrons. The molecule has 1 aliphatic rings. The number of para-hydroxylation sites is 1. The van der Waals surface area contributed by atoms with Crippen LogP contribution in [0.25, 0.3) is 10.9 Å². The van der Waals surface area contributed by atoms with Crippen molar-refractivity contribution in [1.29, 1.82) is 0 Å². The first-order valence-electron chi connectivity index (χ1n) is 9.40. The van der Waals surface area contributed by atoms with Gasteiger partial charge in [0, 0.05) is 35.5 Å². The van der Waals surface area contributed by atoms with E-state index < -0.39 is 0 Å². The second kappa shape index (κ2) is 7.35. The minimum atomic E-state index is -0.0697. The van der Waals surface area contributed by atoms with Crippen LogP contribution in [-0.4, -0.2) is 23.7 Å². The molecule has 5 nitrogen and oxygen atoms in total. The van der Waals surface area contributed by atoms with Crippen molar-refractivity contribution in [1.82, 2.24) is 10.3 Å². The molecule has 27 heavy (non-hydrogen) atoms. The van der Waals surface area contributed by atoms with Crippen molar-refractivity contribution >= 4 is 16.8 Å². The molecule has 4 rings (SSSR count). The second-order valence-corrected chi connectivity index (χ2v) is 7.04. The first-order valence-corrected chi connectivity index (χ1v) is 9.40. The van der Waals surface area contributed by atoms with Crippen LogP contribution in [0.2, 0.25) is 0 Å². The highest BCUT2D eigenvalue weighted by molar-refractivity contribution is 5.86. The molecule has 1 aliphatic heterocycles. The molecule has 2 atom stereocenters. The first-order chi connectivity index (χ1) is 13.2. The third kappa shape index (κ3) is 3.50. The topological polar surface area (TPSA) is 63.4 Å². The van der Waals surface area contributed by atoms with E-state index in [-0.39, 0.29) is 24.7 Å². The zero-order valence-electron chi connectivity index (χ0n) is 15.6. The molecule has 0 spiro atoms. The number of aromatic amines is 1. The zero-order chi connectivity index (χ0) is 18.8. The van der Waals surface area contributed by atoms with Crippen LogP contribution < -0.4 is 14.8 Å². The Morgan fingerprint density at radius 3 is 2.85 bits per heavy atom. The van der Waals surface area contributed by atoms with Crippen LogP contribution in [-0.2, 0) is 4.79 Å². The minimum Gasteiger partial charge on any atom is -0.454 e. The van der Waals surface area contributed by atoms with Gasteiger partial charge in [0.15, 0.2) is 11.5 Å². The van der Waals surface area contributed by atoms with Crippen molar-refractivity contribution in [2.24, 2.45) is 0 Å². The Bertz CT molecular complexity index is 963. The van der Waals surface area contributed by atoms with Gasteiger partial charge in [0.25, 0.3) is 0 Å². The smallest absolute Gasteiger partial charge is 0.231 e. The van der Waals surface area contributed by atoms with Gasteiger partial charge in [-0.1, -0.05) is 31.2 Å². The summed E-state index contributed by atoms with van der Waals surface area (Å²) in [6, 6.07) is 14.3. The molecule has 1 amide bonds. The molecule has 2 N–H and O–H groups in total. The van der Waals surface area contributed by atoms with Crippen molar-refractivity contribution in [3.8, 4) is 11.5 Å². The van der Waals surface area contributed by atoms with Gasteiger partial charge in [0.05, 0.1) is 0 Å². The molecule has 2 heterocycles. The number of H-pyrrole nitrogens is 1. The van der Waals surface area contributed by atoms with Crippen LogP contribution in [0.4, 0.5) is 0 Å². The Labute approximate surface area is 158 Å². The third-order valence-corrected chi connectivity index (χ3v) is 5.20. The molecule has 0 fully saturated rings. The van der Waals surface area contributed by atoms with Gasteiger partial charge in [-0.3, -0.25) is 4.79 Å². The Kier molecular flexibility index (Phi) is 4.75. The Morgan fingerprint density at radius 2 is 2.00 bits per heavy atom. The average Bonchev–Trinajstić information content (AvgIpc) is 3.32. The molecule has 0 unspecified atom stereocenters. The molecule has 0 saturated carbocycles. The van der Waals surface area contributed by atoms with E-state index in [0.717, 1.165) is 39.9 Å². The number of aromatic nitrogens is 1. The van der Waals surface area contributed by atoms with Gasteiger partial charge in [-0.2, -0.15) is 0 Å². The number of hydrogen-bond acceptors (Lipinski definition) is 3. The molecule has 0 saturated heterocycles. The summed E-state index contributed by atoms with van der Waals surface area (Å²) in [5.41, 5.74) is 3.23. The third-order valence-electron chi connectivity index (χ3n) is 5.20. The van der Waals surface area contributed by atoms with Gasteiger partial charge in [0.1, 0.15) is 0 Å². The highest BCUT2D eigenvalue weighted by Crippen LogP contribution is 2.39. The van der Waals surface area contributed by atoms with Gasteiger partial charge in [0.2, 0.25) is 12.7 Å². The minimum absolute atomic E-state index is 0.0531. The standard InChI is InChI=1S/C22H24N2O3/c1-3-14(2)24-22(25)11-17(15-8-9-20-21(10-15)27-13-26-20)18-12-23-19-7-5-4-6-16(18)19/h4-10,12,14,17,23H,3,11,13H2,1-2H3,(H,24,25)/t14-,17+/m0/s1. The Morgan fingerprint density at radius 1 is 1.19 bits per heavy atom. The fraction of sp³-hybridized carbons (Fsp3) is 0.318. The lowest BCUT2D eigenvalue weighted by Gasteiger charge is -2.19. The number of carbonyl (C=O) groups is 1. The van der Waals surface area contributed by atoms with E-state index in [1.54, 1.807) is 0 Å². The normalized spacial score (nSPS) is 14.9. The van der Waals surface area contributed by atoms with Crippen LogP contribution in [0.15, 0.2) is 48.7 Å². The number of amides is 1. The van der Waals surface area contributed by atoms with Crippen molar-refractivity contribution in [2.45, 2.75) is 38.6 Å². The zero-order valence-corrected chi connectivity index (χ0v) is 15.6. The fourth-order valence-corrected chi connectivity index (χ4v) is 3.54.